The van der Waals surface area contributed by atoms with Crippen molar-refractivity contribution >= 4 is 49.4 Å². The van der Waals surface area contributed by atoms with Gasteiger partial charge in [-0.15, -0.1) is 0 Å². The summed E-state index contributed by atoms with van der Waals surface area (Å²) in [7, 11) is 0. The highest BCUT2D eigenvalue weighted by atomic mass is 15.1. The molecule has 0 aromatic heterocycles. The average Bonchev–Trinajstić information content (AvgIpc) is 3.27. The molecule has 0 amide bonds. The Kier molecular flexibility index (Phi) is 8.24. The molecule has 0 aliphatic heterocycles. The second-order valence-corrected chi connectivity index (χ2v) is 14.1. The van der Waals surface area contributed by atoms with Gasteiger partial charge >= 0.3 is 0 Å². The van der Waals surface area contributed by atoms with Crippen molar-refractivity contribution < 1.29 is 0 Å². The molecule has 10 aromatic carbocycles. The van der Waals surface area contributed by atoms with Crippen LogP contribution < -0.4 is 4.90 Å². The first-order valence-electron chi connectivity index (χ1n) is 18.9. The van der Waals surface area contributed by atoms with Crippen LogP contribution in [0.25, 0.3) is 76.8 Å². The van der Waals surface area contributed by atoms with Crippen molar-refractivity contribution in [1.29, 1.82) is 0 Å². The zero-order valence-corrected chi connectivity index (χ0v) is 30.3. The molecule has 0 aliphatic carbocycles. The van der Waals surface area contributed by atoms with Crippen LogP contribution in [0.1, 0.15) is 0 Å². The van der Waals surface area contributed by atoms with Gasteiger partial charge < -0.3 is 4.90 Å². The van der Waals surface area contributed by atoms with Crippen LogP contribution in [-0.4, -0.2) is 0 Å². The normalized spacial score (nSPS) is 11.3. The molecule has 0 saturated heterocycles. The first-order valence-corrected chi connectivity index (χ1v) is 18.9. The summed E-state index contributed by atoms with van der Waals surface area (Å²) in [6, 6.07) is 81.4. The highest BCUT2D eigenvalue weighted by Gasteiger charge is 2.16. The van der Waals surface area contributed by atoms with Gasteiger partial charge in [-0.3, -0.25) is 0 Å². The Labute approximate surface area is 322 Å². The third-order valence-electron chi connectivity index (χ3n) is 10.9. The molecule has 0 radical (unpaired) electrons. The summed E-state index contributed by atoms with van der Waals surface area (Å²) in [6.45, 7) is 0. The van der Waals surface area contributed by atoms with Gasteiger partial charge in [-0.1, -0.05) is 176 Å². The van der Waals surface area contributed by atoms with Gasteiger partial charge in [-0.25, -0.2) is 0 Å². The Morgan fingerprint density at radius 1 is 0.218 bits per heavy atom. The Morgan fingerprint density at radius 2 is 0.655 bits per heavy atom. The van der Waals surface area contributed by atoms with Crippen LogP contribution in [0.4, 0.5) is 17.1 Å². The molecule has 0 unspecified atom stereocenters. The molecule has 0 fully saturated rings. The van der Waals surface area contributed by atoms with E-state index in [1.54, 1.807) is 0 Å². The predicted molar refractivity (Wildman–Crippen MR) is 235 cm³/mol. The Bertz CT molecular complexity index is 2940. The second-order valence-electron chi connectivity index (χ2n) is 14.1. The first kappa shape index (κ1) is 32.4. The Balaban J connectivity index is 1.06. The number of hydrogen-bond donors (Lipinski definition) is 0. The highest BCUT2D eigenvalue weighted by molar-refractivity contribution is 6.13. The topological polar surface area (TPSA) is 3.24 Å². The van der Waals surface area contributed by atoms with E-state index in [0.29, 0.717) is 0 Å². The zero-order chi connectivity index (χ0) is 36.6. The fraction of sp³-hybridized carbons (Fsp3) is 0. The maximum Gasteiger partial charge on any atom is 0.0462 e. The van der Waals surface area contributed by atoms with Gasteiger partial charge in [0.15, 0.2) is 0 Å². The number of fused-ring (bicyclic) bond motifs is 4. The molecule has 258 valence electrons. The molecule has 10 aromatic rings. The molecule has 55 heavy (non-hydrogen) atoms. The minimum Gasteiger partial charge on any atom is -0.311 e. The number of nitrogens with zero attached hydrogens (tertiary/aromatic N) is 1. The lowest BCUT2D eigenvalue weighted by Crippen LogP contribution is -2.09. The lowest BCUT2D eigenvalue weighted by molar-refractivity contribution is 1.28. The summed E-state index contributed by atoms with van der Waals surface area (Å²) in [6.07, 6.45) is 0. The van der Waals surface area contributed by atoms with Crippen LogP contribution in [0.15, 0.2) is 224 Å². The van der Waals surface area contributed by atoms with Crippen molar-refractivity contribution in [1.82, 2.24) is 0 Å². The molecular formula is C54H37N. The molecular weight excluding hydrogens is 663 g/mol. The number of benzene rings is 10. The van der Waals surface area contributed by atoms with E-state index in [4.69, 9.17) is 0 Å². The van der Waals surface area contributed by atoms with E-state index >= 15 is 0 Å². The van der Waals surface area contributed by atoms with Gasteiger partial charge in [0.2, 0.25) is 0 Å². The lowest BCUT2D eigenvalue weighted by atomic mass is 9.93. The molecule has 0 spiro atoms. The van der Waals surface area contributed by atoms with Crippen LogP contribution in [0.5, 0.6) is 0 Å². The summed E-state index contributed by atoms with van der Waals surface area (Å²) in [5.74, 6) is 0. The molecule has 0 N–H and O–H groups in total. The highest BCUT2D eigenvalue weighted by Crippen LogP contribution is 2.41. The maximum atomic E-state index is 2.36. The summed E-state index contributed by atoms with van der Waals surface area (Å²) in [5, 5.41) is 7.58. The van der Waals surface area contributed by atoms with E-state index in [9.17, 15) is 0 Å². The van der Waals surface area contributed by atoms with Crippen LogP contribution in [0.3, 0.4) is 0 Å². The SMILES string of the molecule is c1ccc(-c2ccccc2-c2ccc(N(c3ccc(-c4ccc5ccccc5c4)cc3)c3ccc(-c4cc5ccccc5c5ccccc45)cc3)cc2)cc1. The first-order chi connectivity index (χ1) is 27.3. The Morgan fingerprint density at radius 3 is 1.29 bits per heavy atom. The van der Waals surface area contributed by atoms with Gasteiger partial charge in [0.1, 0.15) is 0 Å². The molecule has 0 aliphatic rings. The van der Waals surface area contributed by atoms with Gasteiger partial charge in [-0.2, -0.15) is 0 Å². The van der Waals surface area contributed by atoms with Crippen molar-refractivity contribution in [2.75, 3.05) is 4.90 Å². The van der Waals surface area contributed by atoms with Crippen molar-refractivity contribution in [2.45, 2.75) is 0 Å². The van der Waals surface area contributed by atoms with Crippen molar-refractivity contribution in [3.05, 3.63) is 224 Å². The average molecular weight is 700 g/mol. The van der Waals surface area contributed by atoms with Crippen LogP contribution in [0, 0.1) is 0 Å². The summed E-state index contributed by atoms with van der Waals surface area (Å²) < 4.78 is 0. The van der Waals surface area contributed by atoms with E-state index < -0.39 is 0 Å². The van der Waals surface area contributed by atoms with Crippen LogP contribution in [-0.2, 0) is 0 Å². The second kappa shape index (κ2) is 14.0. The van der Waals surface area contributed by atoms with E-state index in [-0.39, 0.29) is 0 Å². The quantitative estimate of drug-likeness (QED) is 0.150. The van der Waals surface area contributed by atoms with Crippen molar-refractivity contribution in [2.24, 2.45) is 0 Å². The van der Waals surface area contributed by atoms with Crippen molar-refractivity contribution in [3.63, 3.8) is 0 Å². The number of rotatable bonds is 7. The molecule has 0 bridgehead atoms. The smallest absolute Gasteiger partial charge is 0.0462 e. The largest absolute Gasteiger partial charge is 0.311 e. The molecule has 0 atom stereocenters. The van der Waals surface area contributed by atoms with Gasteiger partial charge in [-0.05, 0) is 125 Å². The lowest BCUT2D eigenvalue weighted by Gasteiger charge is -2.26. The Hall–Kier alpha value is -7.22. The fourth-order valence-corrected chi connectivity index (χ4v) is 8.10. The molecule has 10 rings (SSSR count). The summed E-state index contributed by atoms with van der Waals surface area (Å²) >= 11 is 0. The van der Waals surface area contributed by atoms with Gasteiger partial charge in [0, 0.05) is 17.1 Å². The standard InChI is InChI=1S/C54H37N/c1-2-13-40(14-3-1)49-17-8-9-18-50(49)41-26-32-47(33-27-41)55(46-30-24-39(25-31-46)44-23-22-38-12-4-5-15-43(38)36-44)48-34-28-42(29-35-48)54-37-45-16-6-7-19-51(45)52-20-10-11-21-53(52)54/h1-37H. The van der Waals surface area contributed by atoms with Crippen molar-refractivity contribution in [3.8, 4) is 44.5 Å². The predicted octanol–water partition coefficient (Wildman–Crippen LogP) is 15.3. The monoisotopic (exact) mass is 699 g/mol. The molecule has 1 heteroatoms. The van der Waals surface area contributed by atoms with E-state index in [1.807, 2.05) is 0 Å². The van der Waals surface area contributed by atoms with Gasteiger partial charge in [0.25, 0.3) is 0 Å². The third kappa shape index (κ3) is 6.12. The minimum absolute atomic E-state index is 1.10. The molecule has 1 nitrogen and oxygen atoms in total. The number of hydrogen-bond acceptors (Lipinski definition) is 1. The maximum absolute atomic E-state index is 2.36. The minimum atomic E-state index is 1.10. The van der Waals surface area contributed by atoms with Crippen LogP contribution >= 0.6 is 0 Å². The molecule has 0 saturated carbocycles. The van der Waals surface area contributed by atoms with Crippen LogP contribution in [0.2, 0.25) is 0 Å². The fourth-order valence-electron chi connectivity index (χ4n) is 8.10. The summed E-state index contributed by atoms with van der Waals surface area (Å²) in [4.78, 5) is 2.36. The molecule has 0 heterocycles. The zero-order valence-electron chi connectivity index (χ0n) is 30.3. The van der Waals surface area contributed by atoms with E-state index in [0.717, 1.165) is 17.1 Å². The van der Waals surface area contributed by atoms with Gasteiger partial charge in [0.05, 0.1) is 0 Å². The van der Waals surface area contributed by atoms with E-state index in [2.05, 4.69) is 229 Å². The summed E-state index contributed by atoms with van der Waals surface area (Å²) in [5.41, 5.74) is 13.0. The number of anilines is 3. The third-order valence-corrected chi connectivity index (χ3v) is 10.9. The van der Waals surface area contributed by atoms with E-state index in [1.165, 1.54) is 76.8 Å².